The lowest BCUT2D eigenvalue weighted by atomic mass is 9.66. The lowest BCUT2D eigenvalue weighted by Gasteiger charge is -2.37. The molecule has 0 aliphatic heterocycles. The summed E-state index contributed by atoms with van der Waals surface area (Å²) < 4.78 is 2.20. The van der Waals surface area contributed by atoms with E-state index in [4.69, 9.17) is 4.99 Å². The van der Waals surface area contributed by atoms with E-state index in [2.05, 4.69) is 99.7 Å². The molecule has 1 aromatic heterocycles. The predicted molar refractivity (Wildman–Crippen MR) is 155 cm³/mol. The second-order valence-corrected chi connectivity index (χ2v) is 9.34. The number of hydrogen-bond acceptors (Lipinski definition) is 1. The van der Waals surface area contributed by atoms with Gasteiger partial charge in [0.15, 0.2) is 0 Å². The molecule has 0 N–H and O–H groups in total. The quantitative estimate of drug-likeness (QED) is 0.259. The Bertz CT molecular complexity index is 1430. The van der Waals surface area contributed by atoms with Crippen LogP contribution in [-0.4, -0.2) is 10.8 Å². The number of fused-ring (bicyclic) bond motifs is 2. The number of rotatable bonds is 6. The molecule has 35 heavy (non-hydrogen) atoms. The van der Waals surface area contributed by atoms with Gasteiger partial charge in [-0.2, -0.15) is 0 Å². The third-order valence-corrected chi connectivity index (χ3v) is 7.00. The highest BCUT2D eigenvalue weighted by Gasteiger charge is 2.36. The fourth-order valence-electron chi connectivity index (χ4n) is 5.45. The van der Waals surface area contributed by atoms with Crippen LogP contribution < -0.4 is 0 Å². The van der Waals surface area contributed by atoms with Crippen LogP contribution in [0.3, 0.4) is 0 Å². The summed E-state index contributed by atoms with van der Waals surface area (Å²) >= 11 is 0. The zero-order valence-electron chi connectivity index (χ0n) is 21.5. The van der Waals surface area contributed by atoms with Crippen molar-refractivity contribution in [3.05, 3.63) is 120 Å². The molecule has 0 bridgehead atoms. The van der Waals surface area contributed by atoms with E-state index in [1.54, 1.807) is 6.08 Å². The average molecular weight is 459 g/mol. The molecule has 1 aliphatic carbocycles. The van der Waals surface area contributed by atoms with E-state index in [-0.39, 0.29) is 5.41 Å². The molecular formula is C33H34N2. The van der Waals surface area contributed by atoms with Crippen LogP contribution in [0.2, 0.25) is 0 Å². The number of hydrogen-bond donors (Lipinski definition) is 0. The minimum atomic E-state index is -0.150. The zero-order valence-corrected chi connectivity index (χ0v) is 21.5. The van der Waals surface area contributed by atoms with Crippen LogP contribution in [0.1, 0.15) is 66.8 Å². The van der Waals surface area contributed by atoms with Gasteiger partial charge in [-0.25, -0.2) is 4.99 Å². The molecule has 2 heteroatoms. The lowest BCUT2D eigenvalue weighted by molar-refractivity contribution is 0.631. The first-order valence-corrected chi connectivity index (χ1v) is 12.1. The monoisotopic (exact) mass is 458 g/mol. The molecule has 176 valence electrons. The Hall–Kier alpha value is -3.91. The minimum Gasteiger partial charge on any atom is -0.294 e. The smallest absolute Gasteiger partial charge is 0.137 e. The number of allylic oxidation sites excluding steroid dienone is 3. The van der Waals surface area contributed by atoms with E-state index in [9.17, 15) is 0 Å². The first kappa shape index (κ1) is 24.2. The zero-order chi connectivity index (χ0) is 25.3. The van der Waals surface area contributed by atoms with Gasteiger partial charge < -0.3 is 0 Å². The van der Waals surface area contributed by atoms with Crippen molar-refractivity contribution in [2.75, 3.05) is 0 Å². The van der Waals surface area contributed by atoms with Gasteiger partial charge in [0, 0.05) is 22.8 Å². The van der Waals surface area contributed by atoms with Crippen LogP contribution in [0.4, 0.5) is 0 Å². The average Bonchev–Trinajstić information content (AvgIpc) is 3.13. The molecule has 1 aliphatic rings. The molecule has 0 amide bonds. The van der Waals surface area contributed by atoms with Crippen molar-refractivity contribution in [3.63, 3.8) is 0 Å². The fraction of sp³-hybridized carbons (Fsp3) is 0.182. The van der Waals surface area contributed by atoms with Gasteiger partial charge in [-0.05, 0) is 66.3 Å². The second-order valence-electron chi connectivity index (χ2n) is 9.34. The topological polar surface area (TPSA) is 17.3 Å². The van der Waals surface area contributed by atoms with Crippen molar-refractivity contribution in [2.45, 2.75) is 40.0 Å². The minimum absolute atomic E-state index is 0.150. The number of aliphatic imine (C=N–C) groups is 1. The molecule has 0 saturated carbocycles. The van der Waals surface area contributed by atoms with Crippen LogP contribution >= 0.6 is 0 Å². The summed E-state index contributed by atoms with van der Waals surface area (Å²) in [5.41, 5.74) is 11.5. The summed E-state index contributed by atoms with van der Waals surface area (Å²) in [6.45, 7) is 23.5. The Morgan fingerprint density at radius 3 is 2.31 bits per heavy atom. The van der Waals surface area contributed by atoms with Crippen molar-refractivity contribution in [1.82, 2.24) is 4.57 Å². The van der Waals surface area contributed by atoms with Gasteiger partial charge in [0.25, 0.3) is 0 Å². The molecule has 0 spiro atoms. The Balaban J connectivity index is 2.17. The van der Waals surface area contributed by atoms with Crippen LogP contribution in [0.15, 0.2) is 85.4 Å². The molecular weight excluding hydrogens is 424 g/mol. The summed E-state index contributed by atoms with van der Waals surface area (Å²) in [4.78, 5) is 4.72. The molecule has 0 radical (unpaired) electrons. The van der Waals surface area contributed by atoms with Crippen LogP contribution in [0.25, 0.3) is 34.8 Å². The van der Waals surface area contributed by atoms with E-state index in [0.29, 0.717) is 0 Å². The third-order valence-electron chi connectivity index (χ3n) is 7.00. The van der Waals surface area contributed by atoms with Crippen molar-refractivity contribution in [3.8, 4) is 11.3 Å². The molecule has 2 nitrogen and oxygen atoms in total. The van der Waals surface area contributed by atoms with Gasteiger partial charge in [-0.3, -0.25) is 4.57 Å². The van der Waals surface area contributed by atoms with E-state index in [0.717, 1.165) is 33.9 Å². The molecule has 2 aromatic carbocycles. The number of aromatic nitrogens is 1. The Morgan fingerprint density at radius 2 is 1.66 bits per heavy atom. The summed E-state index contributed by atoms with van der Waals surface area (Å²) in [5.74, 6) is 0.796. The maximum Gasteiger partial charge on any atom is 0.137 e. The van der Waals surface area contributed by atoms with E-state index >= 15 is 0 Å². The van der Waals surface area contributed by atoms with Gasteiger partial charge in [0.1, 0.15) is 5.82 Å². The fourth-order valence-corrected chi connectivity index (χ4v) is 5.45. The van der Waals surface area contributed by atoms with E-state index in [1.807, 2.05) is 32.2 Å². The highest BCUT2D eigenvalue weighted by molar-refractivity contribution is 5.95. The molecule has 4 rings (SSSR count). The first-order chi connectivity index (χ1) is 16.8. The largest absolute Gasteiger partial charge is 0.294 e. The Labute approximate surface area is 210 Å². The van der Waals surface area contributed by atoms with Crippen LogP contribution in [0, 0.1) is 6.92 Å². The molecule has 3 aromatic rings. The predicted octanol–water partition coefficient (Wildman–Crippen LogP) is 8.92. The molecule has 0 fully saturated rings. The second kappa shape index (κ2) is 9.38. The van der Waals surface area contributed by atoms with Crippen molar-refractivity contribution in [2.24, 2.45) is 4.99 Å². The van der Waals surface area contributed by atoms with Crippen molar-refractivity contribution < 1.29 is 0 Å². The first-order valence-electron chi connectivity index (χ1n) is 12.1. The van der Waals surface area contributed by atoms with Crippen molar-refractivity contribution in [1.29, 1.82) is 0 Å². The van der Waals surface area contributed by atoms with E-state index in [1.165, 1.54) is 27.8 Å². The highest BCUT2D eigenvalue weighted by atomic mass is 15.1. The highest BCUT2D eigenvalue weighted by Crippen LogP contribution is 2.50. The van der Waals surface area contributed by atoms with Gasteiger partial charge in [-0.1, -0.05) is 94.3 Å². The maximum atomic E-state index is 4.72. The van der Waals surface area contributed by atoms with E-state index < -0.39 is 0 Å². The molecule has 0 unspecified atom stereocenters. The van der Waals surface area contributed by atoms with Gasteiger partial charge in [-0.15, -0.1) is 0 Å². The van der Waals surface area contributed by atoms with Crippen LogP contribution in [-0.2, 0) is 5.41 Å². The number of benzene rings is 2. The lowest BCUT2D eigenvalue weighted by Crippen LogP contribution is -2.27. The molecule has 0 atom stereocenters. The van der Waals surface area contributed by atoms with Crippen molar-refractivity contribution >= 4 is 29.8 Å². The van der Waals surface area contributed by atoms with Crippen LogP contribution in [0.5, 0.6) is 0 Å². The summed E-state index contributed by atoms with van der Waals surface area (Å²) in [7, 11) is 0. The summed E-state index contributed by atoms with van der Waals surface area (Å²) in [6.07, 6.45) is 11.7. The van der Waals surface area contributed by atoms with Gasteiger partial charge >= 0.3 is 0 Å². The summed E-state index contributed by atoms with van der Waals surface area (Å²) in [6, 6.07) is 15.3. The number of nitrogens with zero attached hydrogens (tertiary/aromatic N) is 2. The molecule has 1 heterocycles. The maximum absolute atomic E-state index is 4.72. The standard InChI is InChI=1S/C33H34N2/c1-9-16-25-23(6)32(35(29(25)11-3)30(17-10-2)34-12-4)26-19-15-21-28-31(26)22(5)24-18-13-14-20-27(24)33(28,7)8/h9-21H,2-3,5H2,1,4,6-8H3/b16-9-,30-17+,34-12-. The normalized spacial score (nSPS) is 14.9. The van der Waals surface area contributed by atoms with Gasteiger partial charge in [0.2, 0.25) is 0 Å². The van der Waals surface area contributed by atoms with Gasteiger partial charge in [0.05, 0.1) is 11.4 Å². The summed E-state index contributed by atoms with van der Waals surface area (Å²) in [5, 5.41) is 0. The SMILES string of the molecule is C=C/C=C(\N=C/C)n1c(C=C)c(/C=C\C)c(C)c1-c1cccc2c1C(=C)c1ccccc1C2(C)C. The molecule has 0 saturated heterocycles. The Morgan fingerprint density at radius 1 is 0.971 bits per heavy atom. The Kier molecular flexibility index (Phi) is 6.49. The third kappa shape index (κ3) is 3.70.